The number of nitrogens with zero attached hydrogens (tertiary/aromatic N) is 1. The molecule has 0 aromatic heterocycles. The molecule has 0 amide bonds. The fourth-order valence-corrected chi connectivity index (χ4v) is 3.36. The Kier molecular flexibility index (Phi) is 3.04. The number of rotatable bonds is 2. The molecule has 3 rings (SSSR count). The number of nitrogens with two attached hydrogens (primary N) is 1. The van der Waals surface area contributed by atoms with Crippen LogP contribution in [0, 0.1) is 5.92 Å². The highest BCUT2D eigenvalue weighted by molar-refractivity contribution is 5.46. The summed E-state index contributed by atoms with van der Waals surface area (Å²) in [5.41, 5.74) is 8.54. The predicted molar refractivity (Wildman–Crippen MR) is 72.8 cm³/mol. The second-order valence-electron chi connectivity index (χ2n) is 5.76. The van der Waals surface area contributed by atoms with E-state index < -0.39 is 0 Å². The molecule has 98 valence electrons. The van der Waals surface area contributed by atoms with Crippen molar-refractivity contribution < 1.29 is 4.74 Å². The van der Waals surface area contributed by atoms with Gasteiger partial charge < -0.3 is 10.5 Å². The Labute approximate surface area is 109 Å². The van der Waals surface area contributed by atoms with Crippen LogP contribution in [0.2, 0.25) is 0 Å². The Morgan fingerprint density at radius 2 is 2.28 bits per heavy atom. The lowest BCUT2D eigenvalue weighted by Crippen LogP contribution is -2.21. The van der Waals surface area contributed by atoms with Crippen LogP contribution in [0.25, 0.3) is 0 Å². The lowest BCUT2D eigenvalue weighted by molar-refractivity contribution is 0.242. The van der Waals surface area contributed by atoms with E-state index in [0.717, 1.165) is 31.7 Å². The summed E-state index contributed by atoms with van der Waals surface area (Å²) in [6.45, 7) is 4.03. The first-order valence-corrected chi connectivity index (χ1v) is 6.87. The molecule has 2 aliphatic rings. The van der Waals surface area contributed by atoms with Gasteiger partial charge in [0.15, 0.2) is 0 Å². The average molecular weight is 246 g/mol. The van der Waals surface area contributed by atoms with E-state index in [1.807, 2.05) is 0 Å². The normalized spacial score (nSPS) is 31.4. The molecular formula is C15H22N2O. The number of likely N-dealkylation sites (tertiary alicyclic amines) is 1. The summed E-state index contributed by atoms with van der Waals surface area (Å²) in [5.74, 6) is 1.76. The van der Waals surface area contributed by atoms with Gasteiger partial charge in [-0.2, -0.15) is 0 Å². The minimum atomic E-state index is 0.318. The number of benzene rings is 1. The average Bonchev–Trinajstić information content (AvgIpc) is 2.90. The van der Waals surface area contributed by atoms with E-state index >= 15 is 0 Å². The molecule has 0 radical (unpaired) electrons. The summed E-state index contributed by atoms with van der Waals surface area (Å²) in [7, 11) is 2.19. The summed E-state index contributed by atoms with van der Waals surface area (Å²) >= 11 is 0. The maximum atomic E-state index is 6.01. The van der Waals surface area contributed by atoms with E-state index in [9.17, 15) is 0 Å². The number of hydrogen-bond donors (Lipinski definition) is 1. The van der Waals surface area contributed by atoms with Crippen LogP contribution < -0.4 is 10.5 Å². The minimum Gasteiger partial charge on any atom is -0.490 e. The summed E-state index contributed by atoms with van der Waals surface area (Å²) < 4.78 is 6.01. The van der Waals surface area contributed by atoms with E-state index in [0.29, 0.717) is 18.1 Å². The van der Waals surface area contributed by atoms with E-state index in [-0.39, 0.29) is 0 Å². The van der Waals surface area contributed by atoms with E-state index in [1.54, 1.807) is 0 Å². The Bertz CT molecular complexity index is 446. The van der Waals surface area contributed by atoms with Crippen molar-refractivity contribution >= 4 is 0 Å². The highest BCUT2D eigenvalue weighted by Gasteiger charge is 2.33. The molecule has 3 atom stereocenters. The van der Waals surface area contributed by atoms with Gasteiger partial charge in [-0.15, -0.1) is 0 Å². The monoisotopic (exact) mass is 246 g/mol. The first kappa shape index (κ1) is 12.0. The largest absolute Gasteiger partial charge is 0.490 e. The first-order chi connectivity index (χ1) is 8.69. The summed E-state index contributed by atoms with van der Waals surface area (Å²) in [6, 6.07) is 7.05. The fraction of sp³-hybridized carbons (Fsp3) is 0.600. The predicted octanol–water partition coefficient (Wildman–Crippen LogP) is 1.96. The third-order valence-corrected chi connectivity index (χ3v) is 4.28. The zero-order chi connectivity index (χ0) is 12.7. The molecule has 0 spiro atoms. The van der Waals surface area contributed by atoms with Crippen LogP contribution in [-0.2, 0) is 6.42 Å². The van der Waals surface area contributed by atoms with Gasteiger partial charge in [0.05, 0.1) is 0 Å². The van der Waals surface area contributed by atoms with Crippen molar-refractivity contribution in [2.45, 2.75) is 31.9 Å². The van der Waals surface area contributed by atoms with Crippen LogP contribution in [-0.4, -0.2) is 31.1 Å². The zero-order valence-electron chi connectivity index (χ0n) is 11.2. The third kappa shape index (κ3) is 1.91. The lowest BCUT2D eigenvalue weighted by Gasteiger charge is -2.22. The summed E-state index contributed by atoms with van der Waals surface area (Å²) in [5, 5.41) is 0. The van der Waals surface area contributed by atoms with Crippen molar-refractivity contribution in [3.63, 3.8) is 0 Å². The van der Waals surface area contributed by atoms with Crippen LogP contribution in [0.4, 0.5) is 0 Å². The second kappa shape index (κ2) is 4.56. The quantitative estimate of drug-likeness (QED) is 0.867. The third-order valence-electron chi connectivity index (χ3n) is 4.28. The van der Waals surface area contributed by atoms with Gasteiger partial charge >= 0.3 is 0 Å². The van der Waals surface area contributed by atoms with E-state index in [2.05, 4.69) is 37.1 Å². The number of ether oxygens (including phenoxy) is 1. The molecule has 3 heteroatoms. The van der Waals surface area contributed by atoms with Crippen LogP contribution >= 0.6 is 0 Å². The maximum absolute atomic E-state index is 6.01. The highest BCUT2D eigenvalue weighted by atomic mass is 16.5. The van der Waals surface area contributed by atoms with Gasteiger partial charge in [-0.25, -0.2) is 0 Å². The Hall–Kier alpha value is -1.06. The Morgan fingerprint density at radius 3 is 3.00 bits per heavy atom. The second-order valence-corrected chi connectivity index (χ2v) is 5.76. The topological polar surface area (TPSA) is 38.5 Å². The van der Waals surface area contributed by atoms with Crippen molar-refractivity contribution in [1.82, 2.24) is 4.90 Å². The van der Waals surface area contributed by atoms with Crippen molar-refractivity contribution in [2.75, 3.05) is 20.1 Å². The van der Waals surface area contributed by atoms with Gasteiger partial charge in [0.1, 0.15) is 11.9 Å². The molecule has 2 heterocycles. The SMILES string of the molecule is CC1Cc2cccc(C3CC(CN)CN3C)c2O1. The maximum Gasteiger partial charge on any atom is 0.127 e. The summed E-state index contributed by atoms with van der Waals surface area (Å²) in [4.78, 5) is 2.42. The molecule has 2 aliphatic heterocycles. The van der Waals surface area contributed by atoms with E-state index in [4.69, 9.17) is 10.5 Å². The minimum absolute atomic E-state index is 0.318. The van der Waals surface area contributed by atoms with E-state index in [1.165, 1.54) is 11.1 Å². The lowest BCUT2D eigenvalue weighted by atomic mass is 9.97. The fourth-order valence-electron chi connectivity index (χ4n) is 3.36. The summed E-state index contributed by atoms with van der Waals surface area (Å²) in [6.07, 6.45) is 2.51. The molecule has 0 bridgehead atoms. The highest BCUT2D eigenvalue weighted by Crippen LogP contribution is 2.42. The van der Waals surface area contributed by atoms with Crippen LogP contribution in [0.5, 0.6) is 5.75 Å². The first-order valence-electron chi connectivity index (χ1n) is 6.87. The van der Waals surface area contributed by atoms with Crippen molar-refractivity contribution in [3.8, 4) is 5.75 Å². The van der Waals surface area contributed by atoms with Crippen molar-refractivity contribution in [1.29, 1.82) is 0 Å². The van der Waals surface area contributed by atoms with Gasteiger partial charge in [0.2, 0.25) is 0 Å². The Morgan fingerprint density at radius 1 is 1.44 bits per heavy atom. The molecule has 0 aliphatic carbocycles. The number of fused-ring (bicyclic) bond motifs is 1. The van der Waals surface area contributed by atoms with Gasteiger partial charge in [0.25, 0.3) is 0 Å². The van der Waals surface area contributed by atoms with Gasteiger partial charge in [-0.05, 0) is 38.4 Å². The Balaban J connectivity index is 1.92. The molecule has 1 saturated heterocycles. The number of para-hydroxylation sites is 1. The van der Waals surface area contributed by atoms with Crippen LogP contribution in [0.3, 0.4) is 0 Å². The molecule has 1 aromatic carbocycles. The smallest absolute Gasteiger partial charge is 0.127 e. The van der Waals surface area contributed by atoms with Gasteiger partial charge in [-0.1, -0.05) is 18.2 Å². The standard InChI is InChI=1S/C15H22N2O/c1-10-6-12-4-3-5-13(15(12)18-10)14-7-11(8-16)9-17(14)2/h3-5,10-11,14H,6-9,16H2,1-2H3. The molecule has 18 heavy (non-hydrogen) atoms. The molecular weight excluding hydrogens is 224 g/mol. The number of hydrogen-bond acceptors (Lipinski definition) is 3. The van der Waals surface area contributed by atoms with Crippen molar-refractivity contribution in [3.05, 3.63) is 29.3 Å². The molecule has 1 aromatic rings. The molecule has 2 N–H and O–H groups in total. The zero-order valence-corrected chi connectivity index (χ0v) is 11.2. The van der Waals surface area contributed by atoms with Crippen LogP contribution in [0.1, 0.15) is 30.5 Å². The van der Waals surface area contributed by atoms with Crippen LogP contribution in [0.15, 0.2) is 18.2 Å². The van der Waals surface area contributed by atoms with Gasteiger partial charge in [-0.3, -0.25) is 4.90 Å². The molecule has 0 saturated carbocycles. The molecule has 3 nitrogen and oxygen atoms in total. The van der Waals surface area contributed by atoms with Gasteiger partial charge in [0, 0.05) is 24.6 Å². The van der Waals surface area contributed by atoms with Crippen molar-refractivity contribution in [2.24, 2.45) is 11.7 Å². The molecule has 3 unspecified atom stereocenters. The molecule has 1 fully saturated rings.